The molecule has 1 aliphatic heterocycles. The second-order valence-corrected chi connectivity index (χ2v) is 3.43. The first-order chi connectivity index (χ1) is 6.20. The summed E-state index contributed by atoms with van der Waals surface area (Å²) in [6, 6.07) is 1.83. The molecule has 0 unspecified atom stereocenters. The SMILES string of the molecule is Cc1cc(C=O)n(N2CC(O)C2)c1. The number of β-amino-alcohol motifs (C(OH)–C–C–N with tert-alkyl or cyclic N) is 1. The van der Waals surface area contributed by atoms with Crippen LogP contribution in [0.5, 0.6) is 0 Å². The number of hydrogen-bond acceptors (Lipinski definition) is 3. The van der Waals surface area contributed by atoms with Crippen molar-refractivity contribution in [2.24, 2.45) is 0 Å². The normalized spacial score (nSPS) is 17.2. The molecule has 4 heteroatoms. The van der Waals surface area contributed by atoms with Crippen LogP contribution in [0.15, 0.2) is 12.3 Å². The molecule has 2 rings (SSSR count). The maximum Gasteiger partial charge on any atom is 0.168 e. The van der Waals surface area contributed by atoms with E-state index in [1.54, 1.807) is 4.68 Å². The quantitative estimate of drug-likeness (QED) is 0.647. The van der Waals surface area contributed by atoms with E-state index in [-0.39, 0.29) is 6.10 Å². The maximum atomic E-state index is 10.7. The summed E-state index contributed by atoms with van der Waals surface area (Å²) in [6.07, 6.45) is 2.48. The molecule has 2 heterocycles. The van der Waals surface area contributed by atoms with Gasteiger partial charge in [0.1, 0.15) is 5.69 Å². The van der Waals surface area contributed by atoms with Gasteiger partial charge in [0.05, 0.1) is 19.2 Å². The average molecular weight is 180 g/mol. The molecule has 0 aromatic carbocycles. The minimum Gasteiger partial charge on any atom is -0.389 e. The van der Waals surface area contributed by atoms with Gasteiger partial charge in [-0.2, -0.15) is 0 Å². The van der Waals surface area contributed by atoms with Crippen molar-refractivity contribution in [3.8, 4) is 0 Å². The molecule has 0 spiro atoms. The first-order valence-corrected chi connectivity index (χ1v) is 4.28. The molecule has 4 nitrogen and oxygen atoms in total. The second kappa shape index (κ2) is 2.88. The Kier molecular flexibility index (Phi) is 1.84. The smallest absolute Gasteiger partial charge is 0.168 e. The predicted octanol–water partition coefficient (Wildman–Crippen LogP) is -0.0785. The Morgan fingerprint density at radius 2 is 2.31 bits per heavy atom. The van der Waals surface area contributed by atoms with Crippen molar-refractivity contribution >= 4 is 6.29 Å². The molecule has 0 atom stereocenters. The van der Waals surface area contributed by atoms with Crippen molar-refractivity contribution in [3.05, 3.63) is 23.5 Å². The lowest BCUT2D eigenvalue weighted by molar-refractivity contribution is 0.107. The molecule has 1 aromatic rings. The van der Waals surface area contributed by atoms with Crippen LogP contribution >= 0.6 is 0 Å². The molecule has 0 radical (unpaired) electrons. The minimum absolute atomic E-state index is 0.248. The third-order valence-corrected chi connectivity index (χ3v) is 2.23. The van der Waals surface area contributed by atoms with Crippen molar-refractivity contribution < 1.29 is 9.90 Å². The van der Waals surface area contributed by atoms with Crippen molar-refractivity contribution in [1.82, 2.24) is 4.68 Å². The molecule has 0 amide bonds. The van der Waals surface area contributed by atoms with Crippen molar-refractivity contribution in [1.29, 1.82) is 0 Å². The van der Waals surface area contributed by atoms with E-state index in [0.29, 0.717) is 18.8 Å². The first kappa shape index (κ1) is 8.31. The molecule has 13 heavy (non-hydrogen) atoms. The van der Waals surface area contributed by atoms with Gasteiger partial charge in [0.25, 0.3) is 0 Å². The summed E-state index contributed by atoms with van der Waals surface area (Å²) in [5.41, 5.74) is 1.70. The topological polar surface area (TPSA) is 45.5 Å². The third-order valence-electron chi connectivity index (χ3n) is 2.23. The fourth-order valence-electron chi connectivity index (χ4n) is 1.55. The van der Waals surface area contributed by atoms with E-state index in [0.717, 1.165) is 11.8 Å². The molecule has 0 aliphatic carbocycles. The number of aldehydes is 1. The molecule has 1 aliphatic rings. The number of aromatic nitrogens is 1. The summed E-state index contributed by atoms with van der Waals surface area (Å²) in [4.78, 5) is 10.7. The van der Waals surface area contributed by atoms with Gasteiger partial charge in [-0.3, -0.25) is 9.47 Å². The predicted molar refractivity (Wildman–Crippen MR) is 48.5 cm³/mol. The largest absolute Gasteiger partial charge is 0.389 e. The number of aliphatic hydroxyl groups excluding tert-OH is 1. The summed E-state index contributed by atoms with van der Waals surface area (Å²) in [5.74, 6) is 0. The highest BCUT2D eigenvalue weighted by molar-refractivity contribution is 5.73. The Labute approximate surface area is 76.4 Å². The summed E-state index contributed by atoms with van der Waals surface area (Å²) in [7, 11) is 0. The number of aliphatic hydroxyl groups is 1. The Morgan fingerprint density at radius 1 is 1.62 bits per heavy atom. The molecule has 0 bridgehead atoms. The van der Waals surface area contributed by atoms with E-state index < -0.39 is 0 Å². The minimum atomic E-state index is -0.248. The highest BCUT2D eigenvalue weighted by atomic mass is 16.3. The lowest BCUT2D eigenvalue weighted by Crippen LogP contribution is -2.56. The molecule has 1 fully saturated rings. The van der Waals surface area contributed by atoms with Gasteiger partial charge in [0.15, 0.2) is 6.29 Å². The Balaban J connectivity index is 2.23. The molecule has 1 N–H and O–H groups in total. The standard InChI is InChI=1S/C9H12N2O2/c1-7-2-8(6-12)11(3-7)10-4-9(13)5-10/h2-3,6,9,13H,4-5H2,1H3. The van der Waals surface area contributed by atoms with Gasteiger partial charge in [0, 0.05) is 6.20 Å². The van der Waals surface area contributed by atoms with Crippen molar-refractivity contribution in [2.45, 2.75) is 13.0 Å². The van der Waals surface area contributed by atoms with Gasteiger partial charge in [-0.25, -0.2) is 0 Å². The summed E-state index contributed by atoms with van der Waals surface area (Å²) in [5, 5.41) is 11.0. The number of aryl methyl sites for hydroxylation is 1. The highest BCUT2D eigenvalue weighted by Gasteiger charge is 2.25. The Bertz CT molecular complexity index is 326. The lowest BCUT2D eigenvalue weighted by Gasteiger charge is -2.38. The summed E-state index contributed by atoms with van der Waals surface area (Å²) in [6.45, 7) is 3.16. The zero-order valence-corrected chi connectivity index (χ0v) is 7.47. The number of carbonyl (C=O) groups excluding carboxylic acids is 1. The van der Waals surface area contributed by atoms with Crippen LogP contribution in [-0.4, -0.2) is 35.3 Å². The molecule has 70 valence electrons. The van der Waals surface area contributed by atoms with Crippen molar-refractivity contribution in [2.75, 3.05) is 18.1 Å². The average Bonchev–Trinajstić information content (AvgIpc) is 2.40. The number of nitrogens with zero attached hydrogens (tertiary/aromatic N) is 2. The summed E-state index contributed by atoms with van der Waals surface area (Å²) >= 11 is 0. The molecular formula is C9H12N2O2. The number of carbonyl (C=O) groups is 1. The lowest BCUT2D eigenvalue weighted by atomic mass is 10.2. The zero-order valence-electron chi connectivity index (χ0n) is 7.47. The summed E-state index contributed by atoms with van der Waals surface area (Å²) < 4.78 is 1.80. The third kappa shape index (κ3) is 1.33. The van der Waals surface area contributed by atoms with Crippen molar-refractivity contribution in [3.63, 3.8) is 0 Å². The zero-order chi connectivity index (χ0) is 9.42. The first-order valence-electron chi connectivity index (χ1n) is 4.28. The molecule has 1 saturated heterocycles. The number of rotatable bonds is 2. The molecule has 1 aromatic heterocycles. The van der Waals surface area contributed by atoms with E-state index in [4.69, 9.17) is 5.11 Å². The molecule has 0 saturated carbocycles. The van der Waals surface area contributed by atoms with Crippen LogP contribution in [0.25, 0.3) is 0 Å². The van der Waals surface area contributed by atoms with Crippen LogP contribution in [0.3, 0.4) is 0 Å². The molecular weight excluding hydrogens is 168 g/mol. The van der Waals surface area contributed by atoms with E-state index in [1.807, 2.05) is 24.2 Å². The van der Waals surface area contributed by atoms with Gasteiger partial charge >= 0.3 is 0 Å². The van der Waals surface area contributed by atoms with Crippen LogP contribution in [0.2, 0.25) is 0 Å². The second-order valence-electron chi connectivity index (χ2n) is 3.43. The Hall–Kier alpha value is -1.29. The fraction of sp³-hybridized carbons (Fsp3) is 0.444. The van der Waals surface area contributed by atoms with E-state index in [2.05, 4.69) is 0 Å². The van der Waals surface area contributed by atoms with E-state index >= 15 is 0 Å². The fourth-order valence-corrected chi connectivity index (χ4v) is 1.55. The van der Waals surface area contributed by atoms with Crippen LogP contribution in [0.1, 0.15) is 16.1 Å². The van der Waals surface area contributed by atoms with Crippen LogP contribution in [0, 0.1) is 6.92 Å². The van der Waals surface area contributed by atoms with Gasteiger partial charge in [0.2, 0.25) is 0 Å². The maximum absolute atomic E-state index is 10.7. The highest BCUT2D eigenvalue weighted by Crippen LogP contribution is 2.12. The van der Waals surface area contributed by atoms with Gasteiger partial charge in [-0.15, -0.1) is 0 Å². The Morgan fingerprint density at radius 3 is 2.85 bits per heavy atom. The van der Waals surface area contributed by atoms with E-state index in [1.165, 1.54) is 0 Å². The van der Waals surface area contributed by atoms with Gasteiger partial charge in [-0.05, 0) is 18.6 Å². The van der Waals surface area contributed by atoms with Crippen LogP contribution < -0.4 is 5.01 Å². The van der Waals surface area contributed by atoms with E-state index in [9.17, 15) is 4.79 Å². The van der Waals surface area contributed by atoms with Crippen LogP contribution in [-0.2, 0) is 0 Å². The van der Waals surface area contributed by atoms with Gasteiger partial charge in [-0.1, -0.05) is 0 Å². The monoisotopic (exact) mass is 180 g/mol. The van der Waals surface area contributed by atoms with Gasteiger partial charge < -0.3 is 10.1 Å². The number of hydrogen-bond donors (Lipinski definition) is 1. The van der Waals surface area contributed by atoms with Crippen LogP contribution in [0.4, 0.5) is 0 Å².